The molecular formula is C26H25ClN4O3S. The van der Waals surface area contributed by atoms with Gasteiger partial charge in [-0.25, -0.2) is 0 Å². The van der Waals surface area contributed by atoms with Gasteiger partial charge in [0.15, 0.2) is 11.7 Å². The van der Waals surface area contributed by atoms with E-state index in [9.17, 15) is 9.59 Å². The third-order valence-electron chi connectivity index (χ3n) is 5.52. The molecule has 1 heterocycles. The molecule has 1 aliphatic heterocycles. The van der Waals surface area contributed by atoms with Crippen molar-refractivity contribution in [3.8, 4) is 5.75 Å². The van der Waals surface area contributed by atoms with E-state index in [1.54, 1.807) is 36.4 Å². The summed E-state index contributed by atoms with van der Waals surface area (Å²) in [6, 6.07) is 23.8. The lowest BCUT2D eigenvalue weighted by Crippen LogP contribution is -2.49. The number of benzene rings is 3. The van der Waals surface area contributed by atoms with Crippen LogP contribution in [0.1, 0.15) is 10.4 Å². The van der Waals surface area contributed by atoms with Crippen LogP contribution in [0.4, 0.5) is 11.4 Å². The molecule has 4 rings (SSSR count). The van der Waals surface area contributed by atoms with Gasteiger partial charge in [-0.15, -0.1) is 0 Å². The van der Waals surface area contributed by atoms with Crippen LogP contribution in [0, 0.1) is 0 Å². The van der Waals surface area contributed by atoms with Crippen LogP contribution >= 0.6 is 23.8 Å². The molecule has 180 valence electrons. The number of anilines is 2. The minimum Gasteiger partial charge on any atom is -0.484 e. The van der Waals surface area contributed by atoms with Crippen LogP contribution < -0.4 is 20.3 Å². The molecule has 0 saturated carbocycles. The van der Waals surface area contributed by atoms with Crippen LogP contribution in [0.25, 0.3) is 0 Å². The van der Waals surface area contributed by atoms with Gasteiger partial charge in [0, 0.05) is 36.8 Å². The van der Waals surface area contributed by atoms with Crippen molar-refractivity contribution < 1.29 is 14.3 Å². The van der Waals surface area contributed by atoms with Crippen molar-refractivity contribution in [3.05, 3.63) is 89.4 Å². The third-order valence-corrected chi connectivity index (χ3v) is 5.97. The normalized spacial score (nSPS) is 13.2. The quantitative estimate of drug-likeness (QED) is 0.486. The second-order valence-electron chi connectivity index (χ2n) is 7.91. The number of carbonyl (C=O) groups is 2. The van der Waals surface area contributed by atoms with E-state index in [2.05, 4.69) is 15.5 Å². The summed E-state index contributed by atoms with van der Waals surface area (Å²) in [4.78, 5) is 29.0. The summed E-state index contributed by atoms with van der Waals surface area (Å²) < 4.78 is 5.46. The van der Waals surface area contributed by atoms with Crippen LogP contribution in [0.5, 0.6) is 5.75 Å². The predicted molar refractivity (Wildman–Crippen MR) is 142 cm³/mol. The van der Waals surface area contributed by atoms with Crippen LogP contribution in [-0.4, -0.2) is 54.6 Å². The van der Waals surface area contributed by atoms with E-state index in [1.165, 1.54) is 0 Å². The van der Waals surface area contributed by atoms with E-state index in [-0.39, 0.29) is 23.5 Å². The number of carbonyl (C=O) groups excluding carboxylic acids is 2. The number of ether oxygens (including phenoxy) is 1. The maximum atomic E-state index is 12.8. The van der Waals surface area contributed by atoms with Gasteiger partial charge in [0.25, 0.3) is 11.8 Å². The number of thiocarbonyl (C=S) groups is 1. The number of nitrogens with zero attached hydrogens (tertiary/aromatic N) is 2. The molecule has 0 unspecified atom stereocenters. The van der Waals surface area contributed by atoms with Gasteiger partial charge in [0.1, 0.15) is 5.75 Å². The number of amides is 2. The van der Waals surface area contributed by atoms with E-state index < -0.39 is 0 Å². The van der Waals surface area contributed by atoms with E-state index in [1.807, 2.05) is 47.4 Å². The fraction of sp³-hybridized carbons (Fsp3) is 0.192. The Bertz CT molecular complexity index is 1180. The first-order valence-electron chi connectivity index (χ1n) is 11.2. The van der Waals surface area contributed by atoms with Gasteiger partial charge in [0.2, 0.25) is 0 Å². The minimum atomic E-state index is -0.349. The van der Waals surface area contributed by atoms with Crippen LogP contribution in [0.2, 0.25) is 5.02 Å². The Hall–Kier alpha value is -3.62. The number of hydrogen-bond acceptors (Lipinski definition) is 5. The molecule has 7 nitrogen and oxygen atoms in total. The molecule has 3 aromatic carbocycles. The molecule has 35 heavy (non-hydrogen) atoms. The topological polar surface area (TPSA) is 73.9 Å². The second-order valence-corrected chi connectivity index (χ2v) is 8.75. The predicted octanol–water partition coefficient (Wildman–Crippen LogP) is 4.19. The Morgan fingerprint density at radius 1 is 0.886 bits per heavy atom. The molecular weight excluding hydrogens is 484 g/mol. The minimum absolute atomic E-state index is 0.00524. The molecule has 0 spiro atoms. The highest BCUT2D eigenvalue weighted by Crippen LogP contribution is 2.27. The highest BCUT2D eigenvalue weighted by atomic mass is 35.5. The van der Waals surface area contributed by atoms with E-state index >= 15 is 0 Å². The largest absolute Gasteiger partial charge is 0.484 e. The molecule has 2 N–H and O–H groups in total. The van der Waals surface area contributed by atoms with E-state index in [0.29, 0.717) is 42.5 Å². The van der Waals surface area contributed by atoms with Gasteiger partial charge in [-0.3, -0.25) is 14.9 Å². The van der Waals surface area contributed by atoms with E-state index in [4.69, 9.17) is 28.6 Å². The average Bonchev–Trinajstić information content (AvgIpc) is 2.88. The van der Waals surface area contributed by atoms with E-state index in [0.717, 1.165) is 11.4 Å². The first-order valence-corrected chi connectivity index (χ1v) is 12.0. The lowest BCUT2D eigenvalue weighted by Gasteiger charge is -2.37. The third kappa shape index (κ3) is 6.71. The Balaban J connectivity index is 1.31. The number of para-hydroxylation sites is 3. The standard InChI is InChI=1S/C26H25ClN4O3S/c27-20-12-10-19(11-13-20)25(33)31-16-14-30(15-17-31)23-9-5-4-8-22(23)28-26(35)29-24(32)18-34-21-6-2-1-3-7-21/h1-13H,14-18H2,(H2,28,29,32,35). The van der Waals surface area contributed by atoms with Crippen molar-refractivity contribution in [2.24, 2.45) is 0 Å². The summed E-state index contributed by atoms with van der Waals surface area (Å²) >= 11 is 11.3. The summed E-state index contributed by atoms with van der Waals surface area (Å²) in [5.74, 6) is 0.257. The highest BCUT2D eigenvalue weighted by molar-refractivity contribution is 7.80. The molecule has 0 radical (unpaired) electrons. The van der Waals surface area contributed by atoms with Gasteiger partial charge in [-0.2, -0.15) is 0 Å². The average molecular weight is 509 g/mol. The lowest BCUT2D eigenvalue weighted by molar-refractivity contribution is -0.121. The number of nitrogens with one attached hydrogen (secondary N) is 2. The monoisotopic (exact) mass is 508 g/mol. The van der Waals surface area contributed by atoms with Crippen molar-refractivity contribution in [1.82, 2.24) is 10.2 Å². The van der Waals surface area contributed by atoms with Crippen LogP contribution in [0.15, 0.2) is 78.9 Å². The molecule has 1 saturated heterocycles. The summed E-state index contributed by atoms with van der Waals surface area (Å²) in [6.07, 6.45) is 0. The maximum absolute atomic E-state index is 12.8. The van der Waals surface area contributed by atoms with Crippen molar-refractivity contribution in [1.29, 1.82) is 0 Å². The number of halogens is 1. The van der Waals surface area contributed by atoms with Crippen molar-refractivity contribution in [2.45, 2.75) is 0 Å². The fourth-order valence-electron chi connectivity index (χ4n) is 3.76. The maximum Gasteiger partial charge on any atom is 0.264 e. The Labute approximate surface area is 214 Å². The van der Waals surface area contributed by atoms with Crippen LogP contribution in [0.3, 0.4) is 0 Å². The molecule has 0 aromatic heterocycles. The molecule has 1 aliphatic rings. The smallest absolute Gasteiger partial charge is 0.264 e. The zero-order valence-corrected chi connectivity index (χ0v) is 20.5. The molecule has 1 fully saturated rings. The van der Waals surface area contributed by atoms with Crippen molar-refractivity contribution >= 4 is 52.1 Å². The zero-order chi connectivity index (χ0) is 24.6. The van der Waals surface area contributed by atoms with Crippen molar-refractivity contribution in [3.63, 3.8) is 0 Å². The molecule has 0 atom stereocenters. The summed E-state index contributed by atoms with van der Waals surface area (Å²) in [5, 5.41) is 6.56. The van der Waals surface area contributed by atoms with Gasteiger partial charge in [0.05, 0.1) is 11.4 Å². The molecule has 2 amide bonds. The molecule has 9 heteroatoms. The Kier molecular flexibility index (Phi) is 8.18. The number of rotatable bonds is 6. The van der Waals surface area contributed by atoms with Gasteiger partial charge < -0.3 is 19.9 Å². The zero-order valence-electron chi connectivity index (χ0n) is 18.9. The SMILES string of the molecule is O=C(COc1ccccc1)NC(=S)Nc1ccccc1N1CCN(C(=O)c2ccc(Cl)cc2)CC1. The first kappa shape index (κ1) is 24.5. The van der Waals surface area contributed by atoms with Gasteiger partial charge in [-0.1, -0.05) is 41.9 Å². The Morgan fingerprint density at radius 2 is 1.54 bits per heavy atom. The Morgan fingerprint density at radius 3 is 2.26 bits per heavy atom. The summed E-state index contributed by atoms with van der Waals surface area (Å²) in [7, 11) is 0. The molecule has 0 aliphatic carbocycles. The van der Waals surface area contributed by atoms with Gasteiger partial charge in [-0.05, 0) is 60.7 Å². The highest BCUT2D eigenvalue weighted by Gasteiger charge is 2.23. The van der Waals surface area contributed by atoms with Crippen molar-refractivity contribution in [2.75, 3.05) is 43.0 Å². The number of piperazine rings is 1. The summed E-state index contributed by atoms with van der Waals surface area (Å²) in [5.41, 5.74) is 2.35. The second kappa shape index (κ2) is 11.7. The molecule has 3 aromatic rings. The van der Waals surface area contributed by atoms with Gasteiger partial charge >= 0.3 is 0 Å². The lowest BCUT2D eigenvalue weighted by atomic mass is 10.1. The fourth-order valence-corrected chi connectivity index (χ4v) is 4.11. The summed E-state index contributed by atoms with van der Waals surface area (Å²) in [6.45, 7) is 2.38. The van der Waals surface area contributed by atoms with Crippen LogP contribution in [-0.2, 0) is 4.79 Å². The number of hydrogen-bond donors (Lipinski definition) is 2. The molecule has 0 bridgehead atoms. The first-order chi connectivity index (χ1) is 17.0.